The first kappa shape index (κ1) is 28.9. The second-order valence-electron chi connectivity index (χ2n) is 10.9. The van der Waals surface area contributed by atoms with Crippen LogP contribution in [0.2, 0.25) is 0 Å². The molecular formula is C29H32F6N2O3. The number of halogens is 6. The Bertz CT molecular complexity index is 1190. The van der Waals surface area contributed by atoms with Crippen LogP contribution in [0.1, 0.15) is 66.0 Å². The number of nitrogens with zero attached hydrogens (tertiary/aromatic N) is 1. The summed E-state index contributed by atoms with van der Waals surface area (Å²) in [5, 5.41) is 3.48. The molecule has 3 fully saturated rings. The molecule has 2 aromatic rings. The minimum atomic E-state index is -4.95. The Morgan fingerprint density at radius 1 is 1.00 bits per heavy atom. The lowest BCUT2D eigenvalue weighted by Gasteiger charge is -2.29. The number of carbonyl (C=O) groups is 1. The van der Waals surface area contributed by atoms with Crippen molar-refractivity contribution in [2.24, 2.45) is 0 Å². The second kappa shape index (κ2) is 11.0. The molecule has 3 saturated heterocycles. The van der Waals surface area contributed by atoms with Gasteiger partial charge in [-0.1, -0.05) is 24.3 Å². The number of rotatable bonds is 6. The molecule has 40 heavy (non-hydrogen) atoms. The van der Waals surface area contributed by atoms with Gasteiger partial charge in [0.15, 0.2) is 0 Å². The summed E-state index contributed by atoms with van der Waals surface area (Å²) in [6, 6.07) is 8.78. The minimum Gasteiger partial charge on any atom is -0.381 e. The summed E-state index contributed by atoms with van der Waals surface area (Å²) in [5.41, 5.74) is -1.06. The van der Waals surface area contributed by atoms with Crippen LogP contribution in [0, 0.1) is 6.92 Å². The maximum absolute atomic E-state index is 13.5. The average molecular weight is 571 g/mol. The lowest BCUT2D eigenvalue weighted by atomic mass is 9.85. The van der Waals surface area contributed by atoms with E-state index < -0.39 is 35.7 Å². The van der Waals surface area contributed by atoms with Crippen molar-refractivity contribution in [1.82, 2.24) is 10.2 Å². The second-order valence-corrected chi connectivity index (χ2v) is 10.9. The van der Waals surface area contributed by atoms with Gasteiger partial charge in [-0.3, -0.25) is 4.79 Å². The van der Waals surface area contributed by atoms with Crippen LogP contribution in [0.15, 0.2) is 42.5 Å². The topological polar surface area (TPSA) is 50.8 Å². The molecule has 11 heteroatoms. The maximum Gasteiger partial charge on any atom is 0.416 e. The lowest BCUT2D eigenvalue weighted by molar-refractivity contribution is -0.143. The third-order valence-electron chi connectivity index (χ3n) is 8.31. The van der Waals surface area contributed by atoms with Crippen LogP contribution in [0.4, 0.5) is 26.3 Å². The van der Waals surface area contributed by atoms with E-state index in [0.29, 0.717) is 31.8 Å². The molecule has 0 bridgehead atoms. The monoisotopic (exact) mass is 570 g/mol. The molecule has 0 spiro atoms. The molecule has 1 N–H and O–H groups in total. The number of benzene rings is 2. The highest BCUT2D eigenvalue weighted by atomic mass is 19.4. The molecular weight excluding hydrogens is 538 g/mol. The van der Waals surface area contributed by atoms with Crippen LogP contribution in [0.25, 0.3) is 0 Å². The number of hydrogen-bond acceptors (Lipinski definition) is 4. The number of nitrogens with one attached hydrogen (secondary N) is 1. The van der Waals surface area contributed by atoms with Gasteiger partial charge in [-0.05, 0) is 68.0 Å². The zero-order chi connectivity index (χ0) is 28.8. The molecule has 3 heterocycles. The molecule has 0 radical (unpaired) electrons. The van der Waals surface area contributed by atoms with Crippen LogP contribution in [0.5, 0.6) is 0 Å². The van der Waals surface area contributed by atoms with Gasteiger partial charge in [0.2, 0.25) is 5.91 Å². The summed E-state index contributed by atoms with van der Waals surface area (Å²) >= 11 is 0. The summed E-state index contributed by atoms with van der Waals surface area (Å²) < 4.78 is 92.5. The van der Waals surface area contributed by atoms with Crippen molar-refractivity contribution < 1.29 is 40.6 Å². The fraction of sp³-hybridized carbons (Fsp3) is 0.552. The number of amides is 1. The van der Waals surface area contributed by atoms with Crippen LogP contribution in [0.3, 0.4) is 0 Å². The quantitative estimate of drug-likeness (QED) is 0.432. The van der Waals surface area contributed by atoms with Crippen LogP contribution in [-0.4, -0.2) is 54.8 Å². The van der Waals surface area contributed by atoms with Gasteiger partial charge in [0, 0.05) is 37.8 Å². The van der Waals surface area contributed by atoms with Gasteiger partial charge in [0.25, 0.3) is 0 Å². The summed E-state index contributed by atoms with van der Waals surface area (Å²) in [7, 11) is 0. The van der Waals surface area contributed by atoms with Crippen molar-refractivity contribution in [2.45, 2.75) is 81.7 Å². The van der Waals surface area contributed by atoms with E-state index in [0.717, 1.165) is 24.0 Å². The van der Waals surface area contributed by atoms with E-state index in [1.54, 1.807) is 4.90 Å². The Morgan fingerprint density at radius 2 is 1.62 bits per heavy atom. The van der Waals surface area contributed by atoms with Crippen molar-refractivity contribution in [1.29, 1.82) is 0 Å². The molecule has 0 saturated carbocycles. The van der Waals surface area contributed by atoms with Crippen LogP contribution in [-0.2, 0) is 26.6 Å². The largest absolute Gasteiger partial charge is 0.416 e. The fourth-order valence-corrected chi connectivity index (χ4v) is 6.29. The van der Waals surface area contributed by atoms with Gasteiger partial charge in [-0.2, -0.15) is 26.3 Å². The molecule has 3 aliphatic heterocycles. The molecule has 5 rings (SSSR count). The predicted molar refractivity (Wildman–Crippen MR) is 135 cm³/mol. The highest BCUT2D eigenvalue weighted by Crippen LogP contribution is 2.45. The number of ether oxygens (including phenoxy) is 2. The van der Waals surface area contributed by atoms with Gasteiger partial charge in [0.1, 0.15) is 0 Å². The number of alkyl halides is 6. The van der Waals surface area contributed by atoms with E-state index in [2.05, 4.69) is 5.32 Å². The van der Waals surface area contributed by atoms with E-state index in [-0.39, 0.29) is 48.1 Å². The van der Waals surface area contributed by atoms with Gasteiger partial charge in [-0.15, -0.1) is 0 Å². The Morgan fingerprint density at radius 3 is 2.23 bits per heavy atom. The van der Waals surface area contributed by atoms with Crippen molar-refractivity contribution in [3.63, 3.8) is 0 Å². The number of aryl methyl sites for hydroxylation is 1. The number of hydrogen-bond donors (Lipinski definition) is 1. The Hall–Kier alpha value is -2.63. The standard InChI is InChI=1S/C29H32F6N2O3/c1-16-5-3-4-6-22(16)26-24-14-23(36-21-7-9-39-10-8-21)27(38)37(24)15-25(26)40-17(2)18-11-19(28(30,31)32)13-20(12-18)29(33,34)35/h3-6,11-13,17,21,23-26,36H,7-10,14-15H2,1-2H3/t17-,23?,24+,25+,26+/m1/s1. The Balaban J connectivity index is 1.42. The molecule has 1 unspecified atom stereocenters. The number of carbonyl (C=O) groups excluding carboxylic acids is 1. The highest BCUT2D eigenvalue weighted by Gasteiger charge is 2.53. The molecule has 5 atom stereocenters. The first-order chi connectivity index (χ1) is 18.8. The summed E-state index contributed by atoms with van der Waals surface area (Å²) in [5.74, 6) is -0.353. The first-order valence-corrected chi connectivity index (χ1v) is 13.5. The van der Waals surface area contributed by atoms with Crippen molar-refractivity contribution >= 4 is 5.91 Å². The zero-order valence-electron chi connectivity index (χ0n) is 22.2. The summed E-state index contributed by atoms with van der Waals surface area (Å²) in [6.45, 7) is 4.86. The molecule has 1 amide bonds. The molecule has 218 valence electrons. The van der Waals surface area contributed by atoms with Crippen LogP contribution >= 0.6 is 0 Å². The summed E-state index contributed by atoms with van der Waals surface area (Å²) in [4.78, 5) is 15.2. The normalized spacial score (nSPS) is 26.8. The minimum absolute atomic E-state index is 0.0627. The van der Waals surface area contributed by atoms with Gasteiger partial charge < -0.3 is 19.7 Å². The summed E-state index contributed by atoms with van der Waals surface area (Å²) in [6.07, 6.45) is -9.43. The fourth-order valence-electron chi connectivity index (χ4n) is 6.29. The highest BCUT2D eigenvalue weighted by molar-refractivity contribution is 5.85. The van der Waals surface area contributed by atoms with Gasteiger partial charge in [-0.25, -0.2) is 0 Å². The Labute approximate surface area is 228 Å². The van der Waals surface area contributed by atoms with Crippen LogP contribution < -0.4 is 5.32 Å². The molecule has 3 aliphatic rings. The van der Waals surface area contributed by atoms with E-state index in [1.165, 1.54) is 6.92 Å². The SMILES string of the molecule is Cc1ccccc1[C@@H]1[C@@H](O[C@H](C)c2cc(C(F)(F)F)cc(C(F)(F)F)c2)CN2C(=O)C(NC3CCOCC3)C[C@@H]12. The molecule has 0 aromatic heterocycles. The van der Waals surface area contributed by atoms with E-state index in [1.807, 2.05) is 31.2 Å². The van der Waals surface area contributed by atoms with E-state index in [4.69, 9.17) is 9.47 Å². The van der Waals surface area contributed by atoms with E-state index in [9.17, 15) is 31.1 Å². The smallest absolute Gasteiger partial charge is 0.381 e. The maximum atomic E-state index is 13.5. The third kappa shape index (κ3) is 5.87. The van der Waals surface area contributed by atoms with Gasteiger partial charge >= 0.3 is 12.4 Å². The molecule has 2 aromatic carbocycles. The first-order valence-electron chi connectivity index (χ1n) is 13.5. The number of fused-ring (bicyclic) bond motifs is 1. The molecule has 0 aliphatic carbocycles. The lowest BCUT2D eigenvalue weighted by Crippen LogP contribution is -2.46. The van der Waals surface area contributed by atoms with Crippen molar-refractivity contribution in [3.8, 4) is 0 Å². The molecule has 5 nitrogen and oxygen atoms in total. The van der Waals surface area contributed by atoms with Crippen molar-refractivity contribution in [2.75, 3.05) is 19.8 Å². The average Bonchev–Trinajstić information content (AvgIpc) is 3.39. The Kier molecular flexibility index (Phi) is 7.93. The predicted octanol–water partition coefficient (Wildman–Crippen LogP) is 6.01. The third-order valence-corrected chi connectivity index (χ3v) is 8.31. The van der Waals surface area contributed by atoms with Gasteiger partial charge in [0.05, 0.1) is 29.4 Å². The van der Waals surface area contributed by atoms with Crippen molar-refractivity contribution in [3.05, 3.63) is 70.3 Å². The zero-order valence-corrected chi connectivity index (χ0v) is 22.2. The van der Waals surface area contributed by atoms with E-state index >= 15 is 0 Å².